The largest absolute Gasteiger partial charge is 0.466 e. The van der Waals surface area contributed by atoms with E-state index in [1.807, 2.05) is 0 Å². The van der Waals surface area contributed by atoms with Crippen LogP contribution in [0.1, 0.15) is 20.3 Å². The summed E-state index contributed by atoms with van der Waals surface area (Å²) in [5.41, 5.74) is 0.687. The molecule has 0 saturated heterocycles. The maximum Gasteiger partial charge on any atom is 0.325 e. The van der Waals surface area contributed by atoms with Crippen LogP contribution in [-0.4, -0.2) is 38.2 Å². The van der Waals surface area contributed by atoms with E-state index in [1.165, 1.54) is 0 Å². The number of nitrogens with zero attached hydrogens (tertiary/aromatic N) is 1. The van der Waals surface area contributed by atoms with Crippen molar-refractivity contribution in [3.05, 3.63) is 28.2 Å². The Labute approximate surface area is 140 Å². The second-order valence-electron chi connectivity index (χ2n) is 4.38. The highest BCUT2D eigenvalue weighted by Crippen LogP contribution is 2.27. The molecule has 0 fully saturated rings. The Morgan fingerprint density at radius 3 is 2.27 bits per heavy atom. The molecule has 0 aliphatic rings. The first-order valence-corrected chi connectivity index (χ1v) is 7.74. The first-order chi connectivity index (χ1) is 10.5. The van der Waals surface area contributed by atoms with Crippen molar-refractivity contribution in [2.75, 3.05) is 31.2 Å². The molecule has 0 atom stereocenters. The van der Waals surface area contributed by atoms with Crippen molar-refractivity contribution in [2.45, 2.75) is 20.3 Å². The number of carbonyl (C=O) groups is 2. The number of anilines is 1. The topological polar surface area (TPSA) is 55.8 Å². The molecule has 0 spiro atoms. The molecule has 0 amide bonds. The van der Waals surface area contributed by atoms with Crippen molar-refractivity contribution >= 4 is 40.8 Å². The zero-order chi connectivity index (χ0) is 16.5. The summed E-state index contributed by atoms with van der Waals surface area (Å²) in [6.45, 7) is 4.43. The maximum atomic E-state index is 11.7. The summed E-state index contributed by atoms with van der Waals surface area (Å²) < 4.78 is 9.84. The van der Waals surface area contributed by atoms with Crippen LogP contribution in [0.25, 0.3) is 0 Å². The van der Waals surface area contributed by atoms with Crippen molar-refractivity contribution in [1.82, 2.24) is 0 Å². The molecule has 22 heavy (non-hydrogen) atoms. The molecule has 0 saturated carbocycles. The predicted octanol–water partition coefficient (Wildman–Crippen LogP) is 3.32. The van der Waals surface area contributed by atoms with E-state index in [1.54, 1.807) is 36.9 Å². The van der Waals surface area contributed by atoms with Crippen LogP contribution in [0.15, 0.2) is 18.2 Å². The fraction of sp³-hybridized carbons (Fsp3) is 0.467. The lowest BCUT2D eigenvalue weighted by Gasteiger charge is -2.23. The van der Waals surface area contributed by atoms with Crippen molar-refractivity contribution < 1.29 is 19.1 Å². The first-order valence-electron chi connectivity index (χ1n) is 6.99. The number of rotatable bonds is 8. The molecule has 0 aromatic heterocycles. The van der Waals surface area contributed by atoms with Crippen LogP contribution in [-0.2, 0) is 19.1 Å². The molecule has 1 aromatic carbocycles. The van der Waals surface area contributed by atoms with Crippen LogP contribution in [0.3, 0.4) is 0 Å². The van der Waals surface area contributed by atoms with E-state index in [0.717, 1.165) is 0 Å². The van der Waals surface area contributed by atoms with Crippen LogP contribution in [0.4, 0.5) is 5.69 Å². The minimum atomic E-state index is -0.377. The van der Waals surface area contributed by atoms with Gasteiger partial charge in [-0.2, -0.15) is 0 Å². The molecule has 1 rings (SSSR count). The highest BCUT2D eigenvalue weighted by atomic mass is 35.5. The summed E-state index contributed by atoms with van der Waals surface area (Å²) in [6, 6.07) is 5.02. The standard InChI is InChI=1S/C15H19Cl2NO4/c1-3-21-14(19)7-8-18(10-15(20)22-4-2)11-5-6-12(16)13(17)9-11/h5-6,9H,3-4,7-8,10H2,1-2H3. The van der Waals surface area contributed by atoms with Crippen LogP contribution in [0, 0.1) is 0 Å². The van der Waals surface area contributed by atoms with Gasteiger partial charge in [0, 0.05) is 12.2 Å². The van der Waals surface area contributed by atoms with E-state index in [2.05, 4.69) is 0 Å². The Morgan fingerprint density at radius 1 is 1.05 bits per heavy atom. The molecule has 5 nitrogen and oxygen atoms in total. The Balaban J connectivity index is 2.82. The lowest BCUT2D eigenvalue weighted by molar-refractivity contribution is -0.144. The zero-order valence-corrected chi connectivity index (χ0v) is 14.1. The molecule has 0 unspecified atom stereocenters. The van der Waals surface area contributed by atoms with Gasteiger partial charge in [-0.1, -0.05) is 23.2 Å². The van der Waals surface area contributed by atoms with Crippen LogP contribution >= 0.6 is 23.2 Å². The van der Waals surface area contributed by atoms with Crippen molar-refractivity contribution in [3.63, 3.8) is 0 Å². The Kier molecular flexibility index (Phi) is 8.06. The summed E-state index contributed by atoms with van der Waals surface area (Å²) in [6.07, 6.45) is 0.160. The Bertz CT molecular complexity index is 522. The van der Waals surface area contributed by atoms with Gasteiger partial charge in [0.05, 0.1) is 29.7 Å². The summed E-state index contributed by atoms with van der Waals surface area (Å²) in [5, 5.41) is 0.802. The van der Waals surface area contributed by atoms with Crippen LogP contribution in [0.2, 0.25) is 10.0 Å². The average molecular weight is 348 g/mol. The molecule has 7 heteroatoms. The number of halogens is 2. The van der Waals surface area contributed by atoms with Gasteiger partial charge in [-0.3, -0.25) is 9.59 Å². The van der Waals surface area contributed by atoms with Gasteiger partial charge >= 0.3 is 11.9 Å². The van der Waals surface area contributed by atoms with E-state index in [4.69, 9.17) is 32.7 Å². The number of benzene rings is 1. The van der Waals surface area contributed by atoms with Gasteiger partial charge in [0.1, 0.15) is 6.54 Å². The lowest BCUT2D eigenvalue weighted by Crippen LogP contribution is -2.33. The van der Waals surface area contributed by atoms with Gasteiger partial charge in [-0.25, -0.2) is 0 Å². The molecule has 122 valence electrons. The quantitative estimate of drug-likeness (QED) is 0.675. The third kappa shape index (κ3) is 6.12. The van der Waals surface area contributed by atoms with Crippen LogP contribution in [0.5, 0.6) is 0 Å². The number of carbonyl (C=O) groups excluding carboxylic acids is 2. The second kappa shape index (κ2) is 9.54. The Hall–Kier alpha value is -1.46. The molecular weight excluding hydrogens is 329 g/mol. The van der Waals surface area contributed by atoms with E-state index in [0.29, 0.717) is 35.5 Å². The molecule has 0 aliphatic heterocycles. The maximum absolute atomic E-state index is 11.7. The van der Waals surface area contributed by atoms with Crippen LogP contribution < -0.4 is 4.90 Å². The summed E-state index contributed by atoms with van der Waals surface area (Å²) in [4.78, 5) is 24.9. The van der Waals surface area contributed by atoms with E-state index >= 15 is 0 Å². The fourth-order valence-corrected chi connectivity index (χ4v) is 2.10. The predicted molar refractivity (Wildman–Crippen MR) is 86.6 cm³/mol. The molecular formula is C15H19Cl2NO4. The SMILES string of the molecule is CCOC(=O)CCN(CC(=O)OCC)c1ccc(Cl)c(Cl)c1. The fourth-order valence-electron chi connectivity index (χ4n) is 1.80. The zero-order valence-electron chi connectivity index (χ0n) is 12.6. The third-order valence-corrected chi connectivity index (χ3v) is 3.52. The lowest BCUT2D eigenvalue weighted by atomic mass is 10.2. The van der Waals surface area contributed by atoms with Crippen molar-refractivity contribution in [1.29, 1.82) is 0 Å². The monoisotopic (exact) mass is 347 g/mol. The summed E-state index contributed by atoms with van der Waals surface area (Å²) >= 11 is 11.9. The normalized spacial score (nSPS) is 10.2. The molecule has 0 N–H and O–H groups in total. The highest BCUT2D eigenvalue weighted by Gasteiger charge is 2.15. The van der Waals surface area contributed by atoms with Crippen molar-refractivity contribution in [3.8, 4) is 0 Å². The highest BCUT2D eigenvalue weighted by molar-refractivity contribution is 6.42. The molecule has 0 heterocycles. The van der Waals surface area contributed by atoms with Gasteiger partial charge < -0.3 is 14.4 Å². The van der Waals surface area contributed by atoms with Gasteiger partial charge in [0.25, 0.3) is 0 Å². The number of hydrogen-bond acceptors (Lipinski definition) is 5. The summed E-state index contributed by atoms with van der Waals surface area (Å²) in [7, 11) is 0. The van der Waals surface area contributed by atoms with E-state index in [9.17, 15) is 9.59 Å². The molecule has 1 aromatic rings. The van der Waals surface area contributed by atoms with Gasteiger partial charge in [0.2, 0.25) is 0 Å². The van der Waals surface area contributed by atoms with Gasteiger partial charge in [-0.15, -0.1) is 0 Å². The first kappa shape index (κ1) is 18.6. The second-order valence-corrected chi connectivity index (χ2v) is 5.19. The Morgan fingerprint density at radius 2 is 1.68 bits per heavy atom. The molecule has 0 bridgehead atoms. The average Bonchev–Trinajstić information content (AvgIpc) is 2.47. The third-order valence-electron chi connectivity index (χ3n) is 2.78. The number of hydrogen-bond donors (Lipinski definition) is 0. The van der Waals surface area contributed by atoms with E-state index < -0.39 is 0 Å². The van der Waals surface area contributed by atoms with Gasteiger partial charge in [-0.05, 0) is 32.0 Å². The smallest absolute Gasteiger partial charge is 0.325 e. The minimum Gasteiger partial charge on any atom is -0.466 e. The van der Waals surface area contributed by atoms with Crippen molar-refractivity contribution in [2.24, 2.45) is 0 Å². The molecule has 0 aliphatic carbocycles. The van der Waals surface area contributed by atoms with E-state index in [-0.39, 0.29) is 24.9 Å². The summed E-state index contributed by atoms with van der Waals surface area (Å²) in [5.74, 6) is -0.700. The number of ether oxygens (including phenoxy) is 2. The van der Waals surface area contributed by atoms with Gasteiger partial charge in [0.15, 0.2) is 0 Å². The molecule has 0 radical (unpaired) electrons. The minimum absolute atomic E-state index is 0.0191. The number of esters is 2.